The van der Waals surface area contributed by atoms with E-state index in [9.17, 15) is 18.0 Å². The summed E-state index contributed by atoms with van der Waals surface area (Å²) >= 11 is 0. The summed E-state index contributed by atoms with van der Waals surface area (Å²) in [5.41, 5.74) is -0.594. The molecular weight excluding hydrogens is 387 g/mol. The van der Waals surface area contributed by atoms with Gasteiger partial charge in [0.2, 0.25) is 0 Å². The third-order valence-corrected chi connectivity index (χ3v) is 4.31. The lowest BCUT2D eigenvalue weighted by atomic mass is 10.1. The van der Waals surface area contributed by atoms with E-state index in [0.717, 1.165) is 45.0 Å². The van der Waals surface area contributed by atoms with E-state index in [4.69, 9.17) is 4.74 Å². The van der Waals surface area contributed by atoms with Gasteiger partial charge in [-0.25, -0.2) is 0 Å². The molecule has 162 valence electrons. The number of halogens is 3. The molecule has 1 amide bonds. The van der Waals surface area contributed by atoms with Gasteiger partial charge in [-0.1, -0.05) is 0 Å². The number of rotatable bonds is 8. The number of hydrogen-bond donors (Lipinski definition) is 3. The Morgan fingerprint density at radius 3 is 2.38 bits per heavy atom. The van der Waals surface area contributed by atoms with Gasteiger partial charge in [0.15, 0.2) is 5.96 Å². The second-order valence-corrected chi connectivity index (χ2v) is 6.47. The number of nitrogens with zero attached hydrogens (tertiary/aromatic N) is 2. The number of morpholine rings is 1. The zero-order valence-corrected chi connectivity index (χ0v) is 16.5. The Labute approximate surface area is 168 Å². The van der Waals surface area contributed by atoms with E-state index in [1.165, 1.54) is 12.1 Å². The van der Waals surface area contributed by atoms with Gasteiger partial charge in [0.05, 0.1) is 25.3 Å². The summed E-state index contributed by atoms with van der Waals surface area (Å²) in [5.74, 6) is 0.235. The van der Waals surface area contributed by atoms with Crippen molar-refractivity contribution in [2.75, 3.05) is 59.0 Å². The van der Waals surface area contributed by atoms with Crippen LogP contribution in [0.4, 0.5) is 13.2 Å². The second-order valence-electron chi connectivity index (χ2n) is 6.47. The number of alkyl halides is 3. The fourth-order valence-electron chi connectivity index (χ4n) is 2.74. The van der Waals surface area contributed by atoms with Gasteiger partial charge in [0.25, 0.3) is 5.91 Å². The number of aliphatic imine (C=N–C) groups is 1. The molecular formula is C19H28F3N5O2. The van der Waals surface area contributed by atoms with Crippen molar-refractivity contribution in [1.29, 1.82) is 0 Å². The predicted molar refractivity (Wildman–Crippen MR) is 105 cm³/mol. The molecule has 1 aliphatic heterocycles. The molecule has 1 aliphatic rings. The van der Waals surface area contributed by atoms with Crippen LogP contribution in [-0.2, 0) is 10.9 Å². The molecule has 29 heavy (non-hydrogen) atoms. The van der Waals surface area contributed by atoms with Crippen molar-refractivity contribution in [3.8, 4) is 0 Å². The molecule has 1 fully saturated rings. The van der Waals surface area contributed by atoms with Crippen LogP contribution in [0.1, 0.15) is 22.8 Å². The van der Waals surface area contributed by atoms with Crippen LogP contribution in [0.5, 0.6) is 0 Å². The second kappa shape index (κ2) is 11.6. The van der Waals surface area contributed by atoms with E-state index in [1.54, 1.807) is 0 Å². The predicted octanol–water partition coefficient (Wildman–Crippen LogP) is 1.32. The first kappa shape index (κ1) is 23.0. The van der Waals surface area contributed by atoms with E-state index in [2.05, 4.69) is 25.8 Å². The molecule has 2 rings (SSSR count). The van der Waals surface area contributed by atoms with Gasteiger partial charge < -0.3 is 20.7 Å². The smallest absolute Gasteiger partial charge is 0.379 e. The molecule has 0 atom stereocenters. The molecule has 1 heterocycles. The topological polar surface area (TPSA) is 78.0 Å². The van der Waals surface area contributed by atoms with Crippen LogP contribution in [0, 0.1) is 0 Å². The number of carbonyl (C=O) groups is 1. The Morgan fingerprint density at radius 2 is 1.76 bits per heavy atom. The zero-order valence-electron chi connectivity index (χ0n) is 16.5. The summed E-state index contributed by atoms with van der Waals surface area (Å²) in [5, 5.41) is 8.94. The Hall–Kier alpha value is -2.33. The zero-order chi connectivity index (χ0) is 21.1. The van der Waals surface area contributed by atoms with E-state index in [0.29, 0.717) is 32.1 Å². The molecule has 0 saturated carbocycles. The largest absolute Gasteiger partial charge is 0.416 e. The first-order chi connectivity index (χ1) is 13.9. The van der Waals surface area contributed by atoms with E-state index in [1.807, 2.05) is 6.92 Å². The van der Waals surface area contributed by atoms with E-state index in [-0.39, 0.29) is 5.56 Å². The van der Waals surface area contributed by atoms with Gasteiger partial charge in [-0.3, -0.25) is 14.7 Å². The lowest BCUT2D eigenvalue weighted by molar-refractivity contribution is -0.137. The number of hydrogen-bond acceptors (Lipinski definition) is 4. The molecule has 1 aromatic carbocycles. The van der Waals surface area contributed by atoms with Gasteiger partial charge >= 0.3 is 6.18 Å². The van der Waals surface area contributed by atoms with E-state index < -0.39 is 17.6 Å². The van der Waals surface area contributed by atoms with E-state index >= 15 is 0 Å². The fraction of sp³-hybridized carbons (Fsp3) is 0.579. The monoisotopic (exact) mass is 415 g/mol. The summed E-state index contributed by atoms with van der Waals surface area (Å²) in [6.45, 7) is 8.25. The van der Waals surface area contributed by atoms with Gasteiger partial charge in [0.1, 0.15) is 0 Å². The molecule has 0 aromatic heterocycles. The fourth-order valence-corrected chi connectivity index (χ4v) is 2.74. The van der Waals surface area contributed by atoms with Crippen LogP contribution in [0.15, 0.2) is 29.3 Å². The van der Waals surface area contributed by atoms with Crippen LogP contribution in [0.25, 0.3) is 0 Å². The molecule has 10 heteroatoms. The lowest BCUT2D eigenvalue weighted by Crippen LogP contribution is -2.42. The molecule has 0 spiro atoms. The maximum atomic E-state index is 12.6. The number of amides is 1. The van der Waals surface area contributed by atoms with Crippen molar-refractivity contribution < 1.29 is 22.7 Å². The molecule has 3 N–H and O–H groups in total. The Balaban J connectivity index is 1.71. The molecule has 7 nitrogen and oxygen atoms in total. The first-order valence-electron chi connectivity index (χ1n) is 9.68. The van der Waals surface area contributed by atoms with Crippen LogP contribution in [-0.4, -0.2) is 75.8 Å². The van der Waals surface area contributed by atoms with Crippen LogP contribution >= 0.6 is 0 Å². The van der Waals surface area contributed by atoms with Gasteiger partial charge in [-0.15, -0.1) is 0 Å². The minimum absolute atomic E-state index is 0.184. The molecule has 0 aliphatic carbocycles. The van der Waals surface area contributed by atoms with Crippen molar-refractivity contribution >= 4 is 11.9 Å². The lowest BCUT2D eigenvalue weighted by Gasteiger charge is -2.25. The van der Waals surface area contributed by atoms with Gasteiger partial charge in [0, 0.05) is 44.8 Å². The standard InChI is InChI=1S/C19H28F3N5O2/c1-2-23-18(26-9-10-27-11-13-29-14-12-27)25-8-7-24-17(28)15-3-5-16(6-4-15)19(20,21)22/h3-6H,2,7-14H2,1H3,(H,24,28)(H2,23,25,26). The summed E-state index contributed by atoms with van der Waals surface area (Å²) in [6.07, 6.45) is -4.41. The summed E-state index contributed by atoms with van der Waals surface area (Å²) in [4.78, 5) is 18.8. The van der Waals surface area contributed by atoms with Crippen molar-refractivity contribution in [2.45, 2.75) is 13.1 Å². The molecule has 0 radical (unpaired) electrons. The minimum atomic E-state index is -4.41. The van der Waals surface area contributed by atoms with Gasteiger partial charge in [-0.05, 0) is 31.2 Å². The first-order valence-corrected chi connectivity index (χ1v) is 9.68. The Kier molecular flexibility index (Phi) is 9.20. The Morgan fingerprint density at radius 1 is 1.10 bits per heavy atom. The Bertz CT molecular complexity index is 659. The highest BCUT2D eigenvalue weighted by molar-refractivity contribution is 5.94. The highest BCUT2D eigenvalue weighted by Crippen LogP contribution is 2.28. The van der Waals surface area contributed by atoms with Crippen molar-refractivity contribution in [3.63, 3.8) is 0 Å². The summed E-state index contributed by atoms with van der Waals surface area (Å²) < 4.78 is 43.0. The highest BCUT2D eigenvalue weighted by atomic mass is 19.4. The number of nitrogens with one attached hydrogen (secondary N) is 3. The SMILES string of the molecule is CCNC(=NCCN1CCOCC1)NCCNC(=O)c1ccc(C(F)(F)F)cc1. The number of benzene rings is 1. The van der Waals surface area contributed by atoms with Crippen molar-refractivity contribution in [3.05, 3.63) is 35.4 Å². The van der Waals surface area contributed by atoms with Crippen LogP contribution < -0.4 is 16.0 Å². The number of ether oxygens (including phenoxy) is 1. The number of carbonyl (C=O) groups excluding carboxylic acids is 1. The van der Waals surface area contributed by atoms with Crippen molar-refractivity contribution in [2.24, 2.45) is 4.99 Å². The summed E-state index contributed by atoms with van der Waals surface area (Å²) in [7, 11) is 0. The van der Waals surface area contributed by atoms with Crippen molar-refractivity contribution in [1.82, 2.24) is 20.9 Å². The van der Waals surface area contributed by atoms with Crippen LogP contribution in [0.2, 0.25) is 0 Å². The molecule has 1 saturated heterocycles. The highest BCUT2D eigenvalue weighted by Gasteiger charge is 2.30. The minimum Gasteiger partial charge on any atom is -0.379 e. The normalized spacial score (nSPS) is 15.8. The average Bonchev–Trinajstić information content (AvgIpc) is 2.71. The maximum Gasteiger partial charge on any atom is 0.416 e. The van der Waals surface area contributed by atoms with Gasteiger partial charge in [-0.2, -0.15) is 13.2 Å². The third kappa shape index (κ3) is 8.28. The van der Waals surface area contributed by atoms with Crippen LogP contribution in [0.3, 0.4) is 0 Å². The summed E-state index contributed by atoms with van der Waals surface area (Å²) in [6, 6.07) is 4.14. The molecule has 1 aromatic rings. The third-order valence-electron chi connectivity index (χ3n) is 4.31. The molecule has 0 unspecified atom stereocenters. The maximum absolute atomic E-state index is 12.6. The molecule has 0 bridgehead atoms. The quantitative estimate of drug-likeness (QED) is 0.339. The number of guanidine groups is 1. The average molecular weight is 415 g/mol.